The van der Waals surface area contributed by atoms with Gasteiger partial charge in [-0.3, -0.25) is 4.79 Å². The molecule has 0 heterocycles. The van der Waals surface area contributed by atoms with Gasteiger partial charge in [-0.1, -0.05) is 6.92 Å². The maximum Gasteiger partial charge on any atom is 0.308 e. The Hall–Kier alpha value is -0.180. The molecule has 0 spiro atoms. The molecule has 2 nitrogen and oxygen atoms in total. The van der Waals surface area contributed by atoms with Gasteiger partial charge in [0, 0.05) is 1.37 Å². The molecule has 0 aromatic heterocycles. The molecule has 0 N–H and O–H groups in total. The topological polar surface area (TPSA) is 26.3 Å². The zero-order valence-electron chi connectivity index (χ0n) is 6.63. The fourth-order valence-electron chi connectivity index (χ4n) is 0.456. The van der Waals surface area contributed by atoms with Crippen molar-refractivity contribution in [3.63, 3.8) is 0 Å². The van der Waals surface area contributed by atoms with E-state index in [-0.39, 0.29) is 11.9 Å². The number of esters is 1. The van der Waals surface area contributed by atoms with Crippen LogP contribution in [0.25, 0.3) is 0 Å². The second-order valence-corrected chi connectivity index (χ2v) is 2.21. The number of hydrogen-bond donors (Lipinski definition) is 1. The molecular weight excluding hydrogens is 136 g/mol. The Balaban J connectivity index is 3.61. The molecule has 0 amide bonds. The fourth-order valence-corrected chi connectivity index (χ4v) is 0.772. The second kappa shape index (κ2) is 4.68. The van der Waals surface area contributed by atoms with Crippen LogP contribution in [0.5, 0.6) is 0 Å². The molecule has 0 saturated heterocycles. The van der Waals surface area contributed by atoms with E-state index in [0.717, 1.165) is 0 Å². The van der Waals surface area contributed by atoms with Crippen LogP contribution in [0, 0.1) is 5.92 Å². The van der Waals surface area contributed by atoms with Crippen molar-refractivity contribution in [2.45, 2.75) is 13.3 Å². The first-order valence-electron chi connectivity index (χ1n) is 3.33. The third-order valence-corrected chi connectivity index (χ3v) is 1.27. The summed E-state index contributed by atoms with van der Waals surface area (Å²) in [5.41, 5.74) is -0.492. The summed E-state index contributed by atoms with van der Waals surface area (Å²) in [5.74, 6) is -0.490. The number of carbonyl (C=O) groups excluding carboxylic acids is 1. The van der Waals surface area contributed by atoms with Crippen molar-refractivity contribution in [2.24, 2.45) is 5.92 Å². The molecule has 54 valence electrons. The molecule has 0 saturated carbocycles. The van der Waals surface area contributed by atoms with E-state index >= 15 is 0 Å². The van der Waals surface area contributed by atoms with Gasteiger partial charge in [0.25, 0.3) is 0 Å². The van der Waals surface area contributed by atoms with E-state index < -0.39 is 5.73 Å². The number of ether oxygens (including phenoxy) is 1. The number of hydrogen-bond acceptors (Lipinski definition) is 3. The van der Waals surface area contributed by atoms with Crippen molar-refractivity contribution in [3.8, 4) is 0 Å². The molecule has 0 aliphatic rings. The van der Waals surface area contributed by atoms with Crippen LogP contribution >= 0.6 is 12.6 Å². The van der Waals surface area contributed by atoms with Crippen molar-refractivity contribution in [1.82, 2.24) is 0 Å². The summed E-state index contributed by atoms with van der Waals surface area (Å²) in [6.45, 7) is 1.73. The second-order valence-electron chi connectivity index (χ2n) is 1.84. The summed E-state index contributed by atoms with van der Waals surface area (Å²) in [7, 11) is 1.34. The molecule has 0 radical (unpaired) electrons. The van der Waals surface area contributed by atoms with Gasteiger partial charge in [-0.05, 0) is 12.1 Å². The summed E-state index contributed by atoms with van der Waals surface area (Å²) in [6.07, 6.45) is 0.440. The number of methoxy groups -OCH3 is 1. The van der Waals surface area contributed by atoms with Crippen molar-refractivity contribution >= 4 is 18.6 Å². The predicted molar refractivity (Wildman–Crippen MR) is 39.7 cm³/mol. The Morgan fingerprint density at radius 2 is 2.56 bits per heavy atom. The average Bonchev–Trinajstić information content (AvgIpc) is 1.85. The lowest BCUT2D eigenvalue weighted by Crippen LogP contribution is -2.12. The summed E-state index contributed by atoms with van der Waals surface area (Å²) in [6, 6.07) is 0. The molecule has 3 heteroatoms. The first-order chi connectivity index (χ1) is 4.57. The van der Waals surface area contributed by atoms with Crippen LogP contribution in [-0.4, -0.2) is 18.8 Å². The summed E-state index contributed by atoms with van der Waals surface area (Å²) in [4.78, 5) is 10.7. The molecule has 9 heavy (non-hydrogen) atoms. The minimum absolute atomic E-state index is 0.218. The minimum Gasteiger partial charge on any atom is -0.469 e. The first kappa shape index (κ1) is 6.93. The summed E-state index contributed by atoms with van der Waals surface area (Å²) < 4.78 is 11.5. The molecule has 1 unspecified atom stereocenters. The Morgan fingerprint density at radius 1 is 2.00 bits per heavy atom. The Bertz CT molecular complexity index is 116. The van der Waals surface area contributed by atoms with Gasteiger partial charge in [-0.25, -0.2) is 0 Å². The van der Waals surface area contributed by atoms with Crippen LogP contribution in [0.4, 0.5) is 0 Å². The molecule has 0 fully saturated rings. The van der Waals surface area contributed by atoms with E-state index in [1.165, 1.54) is 7.11 Å². The van der Waals surface area contributed by atoms with Crippen LogP contribution in [0.3, 0.4) is 0 Å². The van der Waals surface area contributed by atoms with Gasteiger partial charge < -0.3 is 4.74 Å². The van der Waals surface area contributed by atoms with Crippen LogP contribution in [0.1, 0.15) is 14.7 Å². The SMILES string of the molecule is [3H]C(S)C[C@H](C)C(=O)OC. The maximum absolute atomic E-state index is 10.7. The van der Waals surface area contributed by atoms with Crippen molar-refractivity contribution in [1.29, 1.82) is 0 Å². The number of rotatable bonds is 3. The van der Waals surface area contributed by atoms with Crippen LogP contribution in [0.15, 0.2) is 0 Å². The Labute approximate surface area is 62.4 Å². The zero-order valence-corrected chi connectivity index (χ0v) is 6.52. The molecule has 0 aromatic rings. The highest BCUT2D eigenvalue weighted by Gasteiger charge is 2.10. The highest BCUT2D eigenvalue weighted by molar-refractivity contribution is 7.80. The average molecular weight is 150 g/mol. The van der Waals surface area contributed by atoms with Crippen LogP contribution < -0.4 is 0 Å². The molecule has 0 aromatic carbocycles. The van der Waals surface area contributed by atoms with Gasteiger partial charge >= 0.3 is 5.97 Å². The van der Waals surface area contributed by atoms with E-state index in [4.69, 9.17) is 1.37 Å². The lowest BCUT2D eigenvalue weighted by atomic mass is 10.1. The van der Waals surface area contributed by atoms with Gasteiger partial charge in [0.1, 0.15) is 0 Å². The molecule has 0 aliphatic carbocycles. The predicted octanol–water partition coefficient (Wildman–Crippen LogP) is 1.12. The van der Waals surface area contributed by atoms with E-state index in [0.29, 0.717) is 6.42 Å². The van der Waals surface area contributed by atoms with E-state index in [1.54, 1.807) is 6.92 Å². The van der Waals surface area contributed by atoms with E-state index in [1.807, 2.05) is 0 Å². The van der Waals surface area contributed by atoms with Gasteiger partial charge in [0.15, 0.2) is 0 Å². The highest BCUT2D eigenvalue weighted by Crippen LogP contribution is 2.03. The van der Waals surface area contributed by atoms with Gasteiger partial charge in [0.2, 0.25) is 0 Å². The van der Waals surface area contributed by atoms with Gasteiger partial charge in [-0.2, -0.15) is 12.6 Å². The van der Waals surface area contributed by atoms with Crippen molar-refractivity contribution in [2.75, 3.05) is 12.8 Å². The molecular formula is C6H12O2S. The Morgan fingerprint density at radius 3 is 2.89 bits per heavy atom. The third-order valence-electron chi connectivity index (χ3n) is 1.06. The molecule has 0 bridgehead atoms. The first-order valence-corrected chi connectivity index (χ1v) is 3.27. The number of carbonyl (C=O) groups is 1. The van der Waals surface area contributed by atoms with E-state index in [9.17, 15) is 4.79 Å². The zero-order chi connectivity index (χ0) is 8.15. The summed E-state index contributed by atoms with van der Waals surface area (Å²) >= 11 is 3.83. The van der Waals surface area contributed by atoms with Gasteiger partial charge in [-0.15, -0.1) is 0 Å². The lowest BCUT2D eigenvalue weighted by molar-refractivity contribution is -0.144. The third kappa shape index (κ3) is 3.40. The van der Waals surface area contributed by atoms with E-state index in [2.05, 4.69) is 17.4 Å². The largest absolute Gasteiger partial charge is 0.469 e. The normalized spacial score (nSPS) is 17.9. The minimum atomic E-state index is -0.492. The molecule has 2 atom stereocenters. The highest BCUT2D eigenvalue weighted by atomic mass is 32.1. The molecule has 0 rings (SSSR count). The smallest absolute Gasteiger partial charge is 0.308 e. The fraction of sp³-hybridized carbons (Fsp3) is 0.833. The van der Waals surface area contributed by atoms with Crippen molar-refractivity contribution in [3.05, 3.63) is 0 Å². The standard InChI is InChI=1S/C6H12O2S/c1-5(3-4-9)6(7)8-2/h5,9H,3-4H2,1-2H3/t5-/m0/s1/i4T/t4?,5-. The van der Waals surface area contributed by atoms with Crippen molar-refractivity contribution < 1.29 is 10.9 Å². The molecule has 0 aliphatic heterocycles. The summed E-state index contributed by atoms with van der Waals surface area (Å²) in [5, 5.41) is 0. The monoisotopic (exact) mass is 150 g/mol. The van der Waals surface area contributed by atoms with Crippen LogP contribution in [-0.2, 0) is 9.53 Å². The number of thiol groups is 1. The van der Waals surface area contributed by atoms with Gasteiger partial charge in [0.05, 0.1) is 13.0 Å². The quantitative estimate of drug-likeness (QED) is 0.482. The van der Waals surface area contributed by atoms with Crippen LogP contribution in [0.2, 0.25) is 0 Å². The lowest BCUT2D eigenvalue weighted by Gasteiger charge is -2.04. The maximum atomic E-state index is 10.7. The Kier molecular flexibility index (Phi) is 3.60.